The maximum absolute atomic E-state index is 12.4. The van der Waals surface area contributed by atoms with Gasteiger partial charge in [-0.15, -0.1) is 0 Å². The van der Waals surface area contributed by atoms with Crippen LogP contribution in [-0.2, 0) is 4.79 Å². The first-order valence-electron chi connectivity index (χ1n) is 4.84. The number of hydrogen-bond donors (Lipinski definition) is 0. The van der Waals surface area contributed by atoms with Crippen LogP contribution in [0.15, 0.2) is 42.6 Å². The van der Waals surface area contributed by atoms with Gasteiger partial charge in [0.15, 0.2) is 0 Å². The molecule has 5 heteroatoms. The van der Waals surface area contributed by atoms with Gasteiger partial charge in [-0.25, -0.2) is 0 Å². The van der Waals surface area contributed by atoms with Crippen LogP contribution in [-0.4, -0.2) is 12.1 Å². The van der Waals surface area contributed by atoms with Crippen molar-refractivity contribution in [3.63, 3.8) is 0 Å². The quantitative estimate of drug-likeness (QED) is 0.681. The molecule has 17 heavy (non-hydrogen) atoms. The van der Waals surface area contributed by atoms with Crippen molar-refractivity contribution in [1.82, 2.24) is 0 Å². The standard InChI is InChI=1S/C12H8F3NO/c13-12(14,15)11(17)16-8-4-3-6-9-5-1-2-7-10(9)16/h1-8H. The molecular weight excluding hydrogens is 231 g/mol. The molecule has 0 fully saturated rings. The second-order valence-corrected chi connectivity index (χ2v) is 3.43. The Kier molecular flexibility index (Phi) is 2.75. The molecule has 2 nitrogen and oxygen atoms in total. The molecule has 0 aliphatic carbocycles. The monoisotopic (exact) mass is 239 g/mol. The lowest BCUT2D eigenvalue weighted by Gasteiger charge is -2.20. The highest BCUT2D eigenvalue weighted by Gasteiger charge is 2.42. The largest absolute Gasteiger partial charge is 0.472 e. The van der Waals surface area contributed by atoms with E-state index in [0.29, 0.717) is 10.5 Å². The molecule has 0 unspecified atom stereocenters. The topological polar surface area (TPSA) is 20.3 Å². The Labute approximate surface area is 95.7 Å². The molecule has 0 saturated heterocycles. The van der Waals surface area contributed by atoms with Crippen molar-refractivity contribution >= 4 is 17.7 Å². The van der Waals surface area contributed by atoms with E-state index in [1.54, 1.807) is 30.4 Å². The first-order valence-corrected chi connectivity index (χ1v) is 4.84. The Bertz CT molecular complexity index is 503. The zero-order valence-electron chi connectivity index (χ0n) is 8.61. The lowest BCUT2D eigenvalue weighted by atomic mass is 10.1. The molecule has 2 rings (SSSR count). The molecule has 0 radical (unpaired) electrons. The molecule has 1 amide bonds. The van der Waals surface area contributed by atoms with Gasteiger partial charge in [-0.1, -0.05) is 30.4 Å². The fourth-order valence-corrected chi connectivity index (χ4v) is 1.54. The summed E-state index contributed by atoms with van der Waals surface area (Å²) in [4.78, 5) is 11.9. The molecule has 0 spiro atoms. The van der Waals surface area contributed by atoms with E-state index in [1.807, 2.05) is 0 Å². The van der Waals surface area contributed by atoms with E-state index in [2.05, 4.69) is 0 Å². The Balaban J connectivity index is 2.48. The zero-order valence-corrected chi connectivity index (χ0v) is 8.61. The lowest BCUT2D eigenvalue weighted by molar-refractivity contribution is -0.169. The van der Waals surface area contributed by atoms with Gasteiger partial charge in [-0.05, 0) is 17.7 Å². The predicted octanol–water partition coefficient (Wildman–Crippen LogP) is 3.12. The fourth-order valence-electron chi connectivity index (χ4n) is 1.54. The van der Waals surface area contributed by atoms with E-state index < -0.39 is 12.1 Å². The van der Waals surface area contributed by atoms with Gasteiger partial charge in [0.1, 0.15) is 0 Å². The molecular formula is C12H8F3NO. The lowest BCUT2D eigenvalue weighted by Crippen LogP contribution is -2.38. The summed E-state index contributed by atoms with van der Waals surface area (Å²) in [5, 5.41) is 0. The van der Waals surface area contributed by atoms with Crippen LogP contribution >= 0.6 is 0 Å². The van der Waals surface area contributed by atoms with Crippen LogP contribution in [0.3, 0.4) is 0 Å². The maximum Gasteiger partial charge on any atom is 0.472 e. The van der Waals surface area contributed by atoms with Crippen molar-refractivity contribution in [2.24, 2.45) is 0 Å². The Morgan fingerprint density at radius 1 is 1.12 bits per heavy atom. The summed E-state index contributed by atoms with van der Waals surface area (Å²) in [5.74, 6) is -1.90. The van der Waals surface area contributed by atoms with Crippen molar-refractivity contribution in [3.8, 4) is 0 Å². The number of rotatable bonds is 0. The minimum absolute atomic E-state index is 0.222. The predicted molar refractivity (Wildman–Crippen MR) is 58.2 cm³/mol. The van der Waals surface area contributed by atoms with Crippen molar-refractivity contribution in [2.75, 3.05) is 4.90 Å². The van der Waals surface area contributed by atoms with E-state index in [9.17, 15) is 18.0 Å². The zero-order chi connectivity index (χ0) is 12.5. The number of amides is 1. The third-order valence-corrected chi connectivity index (χ3v) is 2.28. The summed E-state index contributed by atoms with van der Waals surface area (Å²) in [6.45, 7) is 0. The minimum atomic E-state index is -4.89. The Morgan fingerprint density at radius 2 is 1.82 bits per heavy atom. The van der Waals surface area contributed by atoms with Gasteiger partial charge >= 0.3 is 12.1 Å². The van der Waals surface area contributed by atoms with E-state index >= 15 is 0 Å². The summed E-state index contributed by atoms with van der Waals surface area (Å²) < 4.78 is 37.2. The average Bonchev–Trinajstić information content (AvgIpc) is 2.48. The van der Waals surface area contributed by atoms with Crippen LogP contribution in [0, 0.1) is 0 Å². The Morgan fingerprint density at radius 3 is 2.53 bits per heavy atom. The molecule has 1 aliphatic heterocycles. The van der Waals surface area contributed by atoms with Gasteiger partial charge in [0.2, 0.25) is 0 Å². The molecule has 0 bridgehead atoms. The molecule has 1 heterocycles. The summed E-state index contributed by atoms with van der Waals surface area (Å²) >= 11 is 0. The molecule has 1 aromatic carbocycles. The van der Waals surface area contributed by atoms with Crippen LogP contribution in [0.4, 0.5) is 18.9 Å². The maximum atomic E-state index is 12.4. The number of fused-ring (bicyclic) bond motifs is 1. The van der Waals surface area contributed by atoms with Crippen molar-refractivity contribution < 1.29 is 18.0 Å². The van der Waals surface area contributed by atoms with Crippen molar-refractivity contribution in [3.05, 3.63) is 48.2 Å². The third kappa shape index (κ3) is 2.22. The van der Waals surface area contributed by atoms with Gasteiger partial charge in [-0.2, -0.15) is 13.2 Å². The second kappa shape index (κ2) is 4.08. The highest BCUT2D eigenvalue weighted by atomic mass is 19.4. The summed E-state index contributed by atoms with van der Waals surface area (Å²) in [6, 6.07) is 6.40. The number of nitrogens with zero attached hydrogens (tertiary/aromatic N) is 1. The Hall–Kier alpha value is -2.04. The van der Waals surface area contributed by atoms with E-state index in [4.69, 9.17) is 0 Å². The van der Waals surface area contributed by atoms with Gasteiger partial charge in [0.05, 0.1) is 5.69 Å². The highest BCUT2D eigenvalue weighted by molar-refractivity contribution is 6.01. The first kappa shape index (κ1) is 11.4. The van der Waals surface area contributed by atoms with Gasteiger partial charge in [0.25, 0.3) is 0 Å². The summed E-state index contributed by atoms with van der Waals surface area (Å²) in [5.41, 5.74) is 0.787. The van der Waals surface area contributed by atoms with Crippen LogP contribution in [0.5, 0.6) is 0 Å². The van der Waals surface area contributed by atoms with Crippen molar-refractivity contribution in [1.29, 1.82) is 0 Å². The summed E-state index contributed by atoms with van der Waals surface area (Å²) in [7, 11) is 0. The number of halogens is 3. The van der Waals surface area contributed by atoms with Crippen LogP contribution < -0.4 is 4.90 Å². The molecule has 0 aromatic heterocycles. The molecule has 0 N–H and O–H groups in total. The van der Waals surface area contributed by atoms with Crippen LogP contribution in [0.1, 0.15) is 5.56 Å². The number of allylic oxidation sites excluding steroid dienone is 2. The number of carbonyl (C=O) groups excluding carboxylic acids is 1. The van der Waals surface area contributed by atoms with E-state index in [0.717, 1.165) is 6.20 Å². The molecule has 0 saturated carbocycles. The molecule has 1 aliphatic rings. The van der Waals surface area contributed by atoms with Gasteiger partial charge in [0, 0.05) is 6.20 Å². The number of anilines is 1. The first-order chi connectivity index (χ1) is 8.00. The molecule has 1 aromatic rings. The van der Waals surface area contributed by atoms with E-state index in [1.165, 1.54) is 12.1 Å². The number of para-hydroxylation sites is 1. The normalized spacial score (nSPS) is 14.4. The number of hydrogen-bond acceptors (Lipinski definition) is 1. The SMILES string of the molecule is O=C(N1C=CC=Cc2ccccc21)C(F)(F)F. The number of benzene rings is 1. The molecule has 0 atom stereocenters. The van der Waals surface area contributed by atoms with E-state index in [-0.39, 0.29) is 5.69 Å². The highest BCUT2D eigenvalue weighted by Crippen LogP contribution is 2.29. The second-order valence-electron chi connectivity index (χ2n) is 3.43. The van der Waals surface area contributed by atoms with Crippen LogP contribution in [0.25, 0.3) is 6.08 Å². The van der Waals surface area contributed by atoms with Crippen molar-refractivity contribution in [2.45, 2.75) is 6.18 Å². The smallest absolute Gasteiger partial charge is 0.279 e. The fraction of sp³-hybridized carbons (Fsp3) is 0.0833. The third-order valence-electron chi connectivity index (χ3n) is 2.28. The van der Waals surface area contributed by atoms with Crippen LogP contribution in [0.2, 0.25) is 0 Å². The number of alkyl halides is 3. The average molecular weight is 239 g/mol. The molecule has 88 valence electrons. The van der Waals surface area contributed by atoms with Gasteiger partial charge in [-0.3, -0.25) is 9.69 Å². The summed E-state index contributed by atoms with van der Waals surface area (Å²) in [6.07, 6.45) is 0.849. The minimum Gasteiger partial charge on any atom is -0.279 e. The number of carbonyl (C=O) groups is 1. The van der Waals surface area contributed by atoms with Gasteiger partial charge < -0.3 is 0 Å².